The first kappa shape index (κ1) is 17.4. The van der Waals surface area contributed by atoms with Crippen molar-refractivity contribution >= 4 is 5.97 Å². The van der Waals surface area contributed by atoms with E-state index in [0.29, 0.717) is 0 Å². The van der Waals surface area contributed by atoms with E-state index in [4.69, 9.17) is 4.74 Å². The minimum atomic E-state index is -0.554. The number of nitrogens with zero attached hydrogens (tertiary/aromatic N) is 1. The Bertz CT molecular complexity index is 307. The number of nitrogens with one attached hydrogen (secondary N) is 1. The Morgan fingerprint density at radius 3 is 2.65 bits per heavy atom. The summed E-state index contributed by atoms with van der Waals surface area (Å²) in [6.45, 7) is 12.0. The zero-order valence-electron chi connectivity index (χ0n) is 13.9. The number of hydrogen-bond donors (Lipinski definition) is 1. The van der Waals surface area contributed by atoms with Gasteiger partial charge >= 0.3 is 5.97 Å². The van der Waals surface area contributed by atoms with Crippen LogP contribution in [0, 0.1) is 5.92 Å². The molecule has 1 saturated heterocycles. The predicted molar refractivity (Wildman–Crippen MR) is 82.8 cm³/mol. The van der Waals surface area contributed by atoms with Crippen LogP contribution in [-0.4, -0.2) is 49.2 Å². The highest BCUT2D eigenvalue weighted by molar-refractivity contribution is 5.80. The third-order valence-electron chi connectivity index (χ3n) is 4.15. The van der Waals surface area contributed by atoms with Crippen LogP contribution in [0.15, 0.2) is 0 Å². The molecule has 0 spiro atoms. The maximum Gasteiger partial charge on any atom is 0.325 e. The van der Waals surface area contributed by atoms with Crippen LogP contribution in [0.1, 0.15) is 53.4 Å². The predicted octanol–water partition coefficient (Wildman–Crippen LogP) is 2.43. The Balaban J connectivity index is 2.33. The number of likely N-dealkylation sites (tertiary alicyclic amines) is 1. The average molecular weight is 284 g/mol. The van der Waals surface area contributed by atoms with Gasteiger partial charge in [-0.15, -0.1) is 0 Å². The number of unbranched alkanes of at least 4 members (excludes halogenated alkanes) is 1. The normalized spacial score (nSPS) is 23.0. The molecule has 2 unspecified atom stereocenters. The highest BCUT2D eigenvalue weighted by Gasteiger charge is 2.34. The molecule has 0 aromatic carbocycles. The van der Waals surface area contributed by atoms with Crippen molar-refractivity contribution in [3.05, 3.63) is 0 Å². The molecule has 4 heteroatoms. The van der Waals surface area contributed by atoms with Crippen molar-refractivity contribution in [1.82, 2.24) is 10.2 Å². The fourth-order valence-electron chi connectivity index (χ4n) is 3.14. The lowest BCUT2D eigenvalue weighted by molar-refractivity contribution is -0.148. The fraction of sp³-hybridized carbons (Fsp3) is 0.938. The van der Waals surface area contributed by atoms with E-state index in [9.17, 15) is 4.79 Å². The Hall–Kier alpha value is -0.610. The zero-order valence-corrected chi connectivity index (χ0v) is 13.9. The highest BCUT2D eigenvalue weighted by Crippen LogP contribution is 2.19. The largest absolute Gasteiger partial charge is 0.468 e. The monoisotopic (exact) mass is 284 g/mol. The lowest BCUT2D eigenvalue weighted by atomic mass is 9.93. The van der Waals surface area contributed by atoms with Gasteiger partial charge in [0, 0.05) is 12.6 Å². The number of carbonyl (C=O) groups excluding carboxylic acids is 1. The molecule has 1 rings (SSSR count). The van der Waals surface area contributed by atoms with Crippen molar-refractivity contribution in [2.45, 2.75) is 65.0 Å². The molecule has 1 aliphatic rings. The summed E-state index contributed by atoms with van der Waals surface area (Å²) < 4.78 is 4.95. The van der Waals surface area contributed by atoms with Crippen LogP contribution in [0.4, 0.5) is 0 Å². The van der Waals surface area contributed by atoms with Crippen LogP contribution in [0.25, 0.3) is 0 Å². The third-order valence-corrected chi connectivity index (χ3v) is 4.15. The van der Waals surface area contributed by atoms with Gasteiger partial charge in [-0.1, -0.05) is 6.92 Å². The second kappa shape index (κ2) is 7.99. The number of esters is 1. The van der Waals surface area contributed by atoms with Gasteiger partial charge in [0.15, 0.2) is 0 Å². The molecule has 1 heterocycles. The van der Waals surface area contributed by atoms with Gasteiger partial charge < -0.3 is 9.64 Å². The number of carbonyl (C=O) groups is 1. The van der Waals surface area contributed by atoms with Gasteiger partial charge in [-0.25, -0.2) is 0 Å². The van der Waals surface area contributed by atoms with Crippen molar-refractivity contribution in [3.63, 3.8) is 0 Å². The number of ether oxygens (including phenoxy) is 1. The van der Waals surface area contributed by atoms with Crippen LogP contribution >= 0.6 is 0 Å². The van der Waals surface area contributed by atoms with Crippen molar-refractivity contribution < 1.29 is 9.53 Å². The van der Waals surface area contributed by atoms with E-state index < -0.39 is 5.54 Å². The second-order valence-corrected chi connectivity index (χ2v) is 6.77. The van der Waals surface area contributed by atoms with Gasteiger partial charge in [0.1, 0.15) is 5.54 Å². The van der Waals surface area contributed by atoms with Crippen LogP contribution < -0.4 is 5.32 Å². The summed E-state index contributed by atoms with van der Waals surface area (Å²) in [7, 11) is 1.47. The lowest BCUT2D eigenvalue weighted by Crippen LogP contribution is -2.53. The molecule has 4 nitrogen and oxygen atoms in total. The molecule has 1 N–H and O–H groups in total. The van der Waals surface area contributed by atoms with Gasteiger partial charge in [-0.3, -0.25) is 10.1 Å². The van der Waals surface area contributed by atoms with Crippen molar-refractivity contribution in [2.75, 3.05) is 26.7 Å². The molecule has 0 aromatic heterocycles. The van der Waals surface area contributed by atoms with E-state index in [2.05, 4.69) is 31.0 Å². The lowest BCUT2D eigenvalue weighted by Gasteiger charge is -2.30. The molecule has 0 aromatic rings. The Kier molecular flexibility index (Phi) is 6.96. The van der Waals surface area contributed by atoms with Crippen LogP contribution in [0.3, 0.4) is 0 Å². The summed E-state index contributed by atoms with van der Waals surface area (Å²) in [5.41, 5.74) is -0.554. The molecule has 1 aliphatic heterocycles. The van der Waals surface area contributed by atoms with E-state index in [-0.39, 0.29) is 12.0 Å². The van der Waals surface area contributed by atoms with E-state index in [1.807, 2.05) is 6.92 Å². The number of methoxy groups -OCH3 is 1. The maximum atomic E-state index is 12.0. The Morgan fingerprint density at radius 2 is 2.15 bits per heavy atom. The van der Waals surface area contributed by atoms with Crippen molar-refractivity contribution in [3.8, 4) is 0 Å². The molecule has 0 amide bonds. The number of hydrogen-bond acceptors (Lipinski definition) is 4. The van der Waals surface area contributed by atoms with Gasteiger partial charge in [0.25, 0.3) is 0 Å². The van der Waals surface area contributed by atoms with Crippen molar-refractivity contribution in [2.24, 2.45) is 5.92 Å². The molecular weight excluding hydrogens is 252 g/mol. The summed E-state index contributed by atoms with van der Waals surface area (Å²) in [4.78, 5) is 14.5. The van der Waals surface area contributed by atoms with Gasteiger partial charge in [-0.2, -0.15) is 0 Å². The van der Waals surface area contributed by atoms with E-state index >= 15 is 0 Å². The van der Waals surface area contributed by atoms with Gasteiger partial charge in [0.05, 0.1) is 7.11 Å². The molecule has 0 radical (unpaired) electrons. The number of rotatable bonds is 8. The zero-order chi connectivity index (χ0) is 15.2. The topological polar surface area (TPSA) is 41.6 Å². The van der Waals surface area contributed by atoms with Gasteiger partial charge in [-0.05, 0) is 65.5 Å². The molecule has 0 aliphatic carbocycles. The van der Waals surface area contributed by atoms with Crippen LogP contribution in [0.5, 0.6) is 0 Å². The first-order chi connectivity index (χ1) is 9.37. The Morgan fingerprint density at radius 1 is 1.45 bits per heavy atom. The molecular formula is C16H32N2O2. The van der Waals surface area contributed by atoms with Crippen LogP contribution in [-0.2, 0) is 9.53 Å². The molecule has 1 fully saturated rings. The summed E-state index contributed by atoms with van der Waals surface area (Å²) in [6, 6.07) is 0.276. The molecule has 0 saturated carbocycles. The maximum absolute atomic E-state index is 12.0. The summed E-state index contributed by atoms with van der Waals surface area (Å²) in [6.07, 6.45) is 4.37. The second-order valence-electron chi connectivity index (χ2n) is 6.77. The van der Waals surface area contributed by atoms with E-state index in [1.54, 1.807) is 0 Å². The molecule has 2 atom stereocenters. The average Bonchev–Trinajstić information content (AvgIpc) is 2.78. The standard InChI is InChI=1S/C16H32N2O2/c1-13(2)17-16(4,15(19)20-5)9-6-7-10-18-11-8-14(3)12-18/h13-14,17H,6-12H2,1-5H3. The Labute approximate surface area is 124 Å². The highest BCUT2D eigenvalue weighted by atomic mass is 16.5. The smallest absolute Gasteiger partial charge is 0.325 e. The third kappa shape index (κ3) is 5.41. The van der Waals surface area contributed by atoms with Crippen molar-refractivity contribution in [1.29, 1.82) is 0 Å². The quantitative estimate of drug-likeness (QED) is 0.549. The first-order valence-corrected chi connectivity index (χ1v) is 7.96. The van der Waals surface area contributed by atoms with Crippen LogP contribution in [0.2, 0.25) is 0 Å². The van der Waals surface area contributed by atoms with E-state index in [0.717, 1.165) is 31.7 Å². The first-order valence-electron chi connectivity index (χ1n) is 7.96. The molecule has 118 valence electrons. The summed E-state index contributed by atoms with van der Waals surface area (Å²) in [5.74, 6) is 0.693. The SMILES string of the molecule is COC(=O)C(C)(CCCCN1CCC(C)C1)NC(C)C. The van der Waals surface area contributed by atoms with Gasteiger partial charge in [0.2, 0.25) is 0 Å². The van der Waals surface area contributed by atoms with E-state index in [1.165, 1.54) is 26.6 Å². The minimum absolute atomic E-state index is 0.152. The summed E-state index contributed by atoms with van der Waals surface area (Å²) in [5, 5.41) is 3.35. The minimum Gasteiger partial charge on any atom is -0.468 e. The molecule has 0 bridgehead atoms. The fourth-order valence-corrected chi connectivity index (χ4v) is 3.14. The molecule has 20 heavy (non-hydrogen) atoms. The summed E-state index contributed by atoms with van der Waals surface area (Å²) >= 11 is 0.